The van der Waals surface area contributed by atoms with E-state index in [1.165, 1.54) is 32.1 Å². The topological polar surface area (TPSA) is 29.1 Å². The van der Waals surface area contributed by atoms with E-state index in [-0.39, 0.29) is 5.91 Å². The molecule has 0 atom stereocenters. The van der Waals surface area contributed by atoms with Crippen molar-refractivity contribution in [2.45, 2.75) is 38.5 Å². The fourth-order valence-corrected chi connectivity index (χ4v) is 2.43. The summed E-state index contributed by atoms with van der Waals surface area (Å²) in [5, 5.41) is 2.89. The number of para-hydroxylation sites is 1. The number of allylic oxidation sites excluding steroid dienone is 1. The van der Waals surface area contributed by atoms with Crippen LogP contribution in [0.1, 0.15) is 38.5 Å². The molecule has 2 nitrogen and oxygen atoms in total. The van der Waals surface area contributed by atoms with E-state index in [4.69, 9.17) is 0 Å². The first-order valence-electron chi connectivity index (χ1n) is 6.86. The summed E-state index contributed by atoms with van der Waals surface area (Å²) in [7, 11) is 0. The van der Waals surface area contributed by atoms with E-state index in [1.54, 1.807) is 0 Å². The lowest BCUT2D eigenvalue weighted by Crippen LogP contribution is -2.10. The van der Waals surface area contributed by atoms with Gasteiger partial charge in [0.15, 0.2) is 0 Å². The summed E-state index contributed by atoms with van der Waals surface area (Å²) in [4.78, 5) is 11.7. The molecule has 0 aliphatic heterocycles. The molecule has 0 aromatic heterocycles. The summed E-state index contributed by atoms with van der Waals surface area (Å²) in [6.45, 7) is 0. The van der Waals surface area contributed by atoms with Crippen LogP contribution in [0, 0.1) is 5.92 Å². The molecule has 1 amide bonds. The van der Waals surface area contributed by atoms with Gasteiger partial charge < -0.3 is 5.32 Å². The minimum atomic E-state index is 0.0632. The predicted octanol–water partition coefficient (Wildman–Crippen LogP) is 4.15. The van der Waals surface area contributed by atoms with Crippen LogP contribution in [0.5, 0.6) is 0 Å². The number of benzene rings is 1. The maximum Gasteiger partial charge on any atom is 0.228 e. The Morgan fingerprint density at radius 1 is 1.17 bits per heavy atom. The van der Waals surface area contributed by atoms with Crippen molar-refractivity contribution in [3.8, 4) is 0 Å². The van der Waals surface area contributed by atoms with Crippen molar-refractivity contribution < 1.29 is 4.79 Å². The van der Waals surface area contributed by atoms with Gasteiger partial charge in [0, 0.05) is 12.1 Å². The Morgan fingerprint density at radius 3 is 2.61 bits per heavy atom. The number of hydrogen-bond donors (Lipinski definition) is 1. The van der Waals surface area contributed by atoms with Crippen LogP contribution in [0.15, 0.2) is 42.5 Å². The molecule has 0 radical (unpaired) electrons. The van der Waals surface area contributed by atoms with Crippen molar-refractivity contribution in [3.63, 3.8) is 0 Å². The Hall–Kier alpha value is -1.57. The monoisotopic (exact) mass is 243 g/mol. The maximum atomic E-state index is 11.7. The van der Waals surface area contributed by atoms with Gasteiger partial charge in [0.1, 0.15) is 0 Å². The van der Waals surface area contributed by atoms with Crippen molar-refractivity contribution in [3.05, 3.63) is 42.5 Å². The fourth-order valence-electron chi connectivity index (χ4n) is 2.43. The van der Waals surface area contributed by atoms with Crippen LogP contribution in [0.4, 0.5) is 5.69 Å². The summed E-state index contributed by atoms with van der Waals surface area (Å²) < 4.78 is 0. The maximum absolute atomic E-state index is 11.7. The van der Waals surface area contributed by atoms with Gasteiger partial charge in [0.25, 0.3) is 0 Å². The van der Waals surface area contributed by atoms with Gasteiger partial charge in [-0.3, -0.25) is 4.79 Å². The highest BCUT2D eigenvalue weighted by atomic mass is 16.1. The quantitative estimate of drug-likeness (QED) is 0.791. The van der Waals surface area contributed by atoms with E-state index >= 15 is 0 Å². The number of hydrogen-bond acceptors (Lipinski definition) is 1. The van der Waals surface area contributed by atoms with Gasteiger partial charge in [-0.2, -0.15) is 0 Å². The molecule has 1 fully saturated rings. The number of nitrogens with one attached hydrogen (secondary N) is 1. The molecule has 0 unspecified atom stereocenters. The summed E-state index contributed by atoms with van der Waals surface area (Å²) in [5.74, 6) is 0.761. The Morgan fingerprint density at radius 2 is 1.89 bits per heavy atom. The second-order valence-electron chi connectivity index (χ2n) is 4.94. The van der Waals surface area contributed by atoms with Gasteiger partial charge in [-0.15, -0.1) is 0 Å². The Bertz CT molecular complexity index is 391. The summed E-state index contributed by atoms with van der Waals surface area (Å²) >= 11 is 0. The van der Waals surface area contributed by atoms with Gasteiger partial charge >= 0.3 is 0 Å². The number of carbonyl (C=O) groups is 1. The van der Waals surface area contributed by atoms with E-state index in [0.717, 1.165) is 5.69 Å². The molecule has 0 spiro atoms. The zero-order valence-corrected chi connectivity index (χ0v) is 10.8. The second kappa shape index (κ2) is 7.00. The van der Waals surface area contributed by atoms with E-state index < -0.39 is 0 Å². The van der Waals surface area contributed by atoms with Gasteiger partial charge in [0.05, 0.1) is 0 Å². The summed E-state index contributed by atoms with van der Waals surface area (Å²) in [5.41, 5.74) is 0.869. The van der Waals surface area contributed by atoms with Crippen LogP contribution in [0.3, 0.4) is 0 Å². The average molecular weight is 243 g/mol. The number of amides is 1. The molecular weight excluding hydrogens is 222 g/mol. The van der Waals surface area contributed by atoms with Crippen LogP contribution in [-0.2, 0) is 4.79 Å². The SMILES string of the molecule is O=C(C/C=C/C1CCCCC1)Nc1ccccc1. The van der Waals surface area contributed by atoms with E-state index in [2.05, 4.69) is 11.4 Å². The van der Waals surface area contributed by atoms with Crippen molar-refractivity contribution in [2.24, 2.45) is 5.92 Å². The largest absolute Gasteiger partial charge is 0.326 e. The van der Waals surface area contributed by atoms with Crippen LogP contribution in [-0.4, -0.2) is 5.91 Å². The molecule has 0 bridgehead atoms. The molecule has 1 aromatic rings. The smallest absolute Gasteiger partial charge is 0.228 e. The normalized spacial score (nSPS) is 16.9. The standard InChI is InChI=1S/C16H21NO/c18-16(17-15-11-5-2-6-12-15)13-7-10-14-8-3-1-4-9-14/h2,5-7,10-12,14H,1,3-4,8-9,13H2,(H,17,18)/b10-7+. The third-order valence-electron chi connectivity index (χ3n) is 3.42. The predicted molar refractivity (Wildman–Crippen MR) is 75.4 cm³/mol. The molecule has 0 saturated heterocycles. The van der Waals surface area contributed by atoms with Crippen molar-refractivity contribution in [1.82, 2.24) is 0 Å². The van der Waals surface area contributed by atoms with Crippen LogP contribution >= 0.6 is 0 Å². The van der Waals surface area contributed by atoms with E-state index in [0.29, 0.717) is 12.3 Å². The second-order valence-corrected chi connectivity index (χ2v) is 4.94. The van der Waals surface area contributed by atoms with Crippen LogP contribution < -0.4 is 5.32 Å². The minimum Gasteiger partial charge on any atom is -0.326 e. The molecule has 1 aromatic carbocycles. The highest BCUT2D eigenvalue weighted by molar-refractivity contribution is 5.91. The molecule has 1 aliphatic carbocycles. The zero-order valence-electron chi connectivity index (χ0n) is 10.8. The molecule has 2 heteroatoms. The first kappa shape index (κ1) is 12.9. The Labute approximate surface area is 109 Å². The van der Waals surface area contributed by atoms with Crippen LogP contribution in [0.2, 0.25) is 0 Å². The van der Waals surface area contributed by atoms with Crippen molar-refractivity contribution in [2.75, 3.05) is 5.32 Å². The lowest BCUT2D eigenvalue weighted by atomic mass is 9.89. The fraction of sp³-hybridized carbons (Fsp3) is 0.438. The Kier molecular flexibility index (Phi) is 5.00. The number of anilines is 1. The first-order valence-corrected chi connectivity index (χ1v) is 6.86. The van der Waals surface area contributed by atoms with Gasteiger partial charge in [-0.1, -0.05) is 49.6 Å². The van der Waals surface area contributed by atoms with Crippen molar-refractivity contribution >= 4 is 11.6 Å². The van der Waals surface area contributed by atoms with Crippen molar-refractivity contribution in [1.29, 1.82) is 0 Å². The summed E-state index contributed by atoms with van der Waals surface area (Å²) in [6, 6.07) is 9.60. The molecule has 1 saturated carbocycles. The molecule has 0 heterocycles. The van der Waals surface area contributed by atoms with E-state index in [9.17, 15) is 4.79 Å². The highest BCUT2D eigenvalue weighted by Gasteiger charge is 2.09. The lowest BCUT2D eigenvalue weighted by molar-refractivity contribution is -0.115. The van der Waals surface area contributed by atoms with Gasteiger partial charge in [-0.25, -0.2) is 0 Å². The third kappa shape index (κ3) is 4.36. The minimum absolute atomic E-state index is 0.0632. The van der Waals surface area contributed by atoms with Gasteiger partial charge in [0.2, 0.25) is 5.91 Å². The third-order valence-corrected chi connectivity index (χ3v) is 3.42. The average Bonchev–Trinajstić information content (AvgIpc) is 2.41. The number of rotatable bonds is 4. The molecule has 96 valence electrons. The van der Waals surface area contributed by atoms with E-state index in [1.807, 2.05) is 36.4 Å². The van der Waals surface area contributed by atoms with Gasteiger partial charge in [-0.05, 0) is 30.9 Å². The molecule has 1 aliphatic rings. The molecule has 2 rings (SSSR count). The first-order chi connectivity index (χ1) is 8.84. The zero-order chi connectivity index (χ0) is 12.6. The number of carbonyl (C=O) groups excluding carboxylic acids is 1. The lowest BCUT2D eigenvalue weighted by Gasteiger charge is -2.17. The van der Waals surface area contributed by atoms with Crippen LogP contribution in [0.25, 0.3) is 0 Å². The molecular formula is C16H21NO. The molecule has 1 N–H and O–H groups in total. The summed E-state index contributed by atoms with van der Waals surface area (Å²) in [6.07, 6.45) is 11.4. The highest BCUT2D eigenvalue weighted by Crippen LogP contribution is 2.24. The molecule has 18 heavy (non-hydrogen) atoms. The Balaban J connectivity index is 1.72.